The van der Waals surface area contributed by atoms with Gasteiger partial charge < -0.3 is 80.1 Å². The molecule has 8 N–H and O–H groups in total. The predicted octanol–water partition coefficient (Wildman–Crippen LogP) is 13.6. The number of rotatable bonds is 22. The van der Waals surface area contributed by atoms with E-state index in [1.165, 1.54) is 57.4 Å². The van der Waals surface area contributed by atoms with E-state index in [1.807, 2.05) is 42.6 Å². The second-order valence-electron chi connectivity index (χ2n) is 25.3. The van der Waals surface area contributed by atoms with E-state index in [4.69, 9.17) is 101 Å². The Bertz CT molecular complexity index is 5060. The van der Waals surface area contributed by atoms with Crippen molar-refractivity contribution in [1.82, 2.24) is 30.2 Å². The van der Waals surface area contributed by atoms with Gasteiger partial charge in [0, 0.05) is 167 Å². The van der Waals surface area contributed by atoms with Gasteiger partial charge in [0.25, 0.3) is 25.0 Å². The first kappa shape index (κ1) is 106. The van der Waals surface area contributed by atoms with Gasteiger partial charge in [-0.2, -0.15) is 0 Å². The van der Waals surface area contributed by atoms with Crippen molar-refractivity contribution in [1.29, 1.82) is 0 Å². The van der Waals surface area contributed by atoms with E-state index in [0.717, 1.165) is 78.4 Å². The zero-order chi connectivity index (χ0) is 85.6. The van der Waals surface area contributed by atoms with Gasteiger partial charge in [0.15, 0.2) is 0 Å². The van der Waals surface area contributed by atoms with Crippen LogP contribution in [-0.4, -0.2) is 183 Å². The fourth-order valence-corrected chi connectivity index (χ4v) is 14.3. The van der Waals surface area contributed by atoms with Gasteiger partial charge in [-0.05, 0) is 203 Å². The molecule has 2 aromatic heterocycles. The van der Waals surface area contributed by atoms with E-state index in [2.05, 4.69) is 57.3 Å². The second kappa shape index (κ2) is 54.9. The zero-order valence-corrected chi connectivity index (χ0v) is 72.7. The predicted molar refractivity (Wildman–Crippen MR) is 477 cm³/mol. The monoisotopic (exact) mass is 1810 g/mol. The van der Waals surface area contributed by atoms with Gasteiger partial charge in [0.2, 0.25) is 0 Å². The van der Waals surface area contributed by atoms with Gasteiger partial charge in [0.05, 0.1) is 76.8 Å². The molecular formula is C85H102Cl5LiN12O17S2. The number of nitrogen functional groups attached to an aromatic ring is 1. The molecule has 3 aliphatic rings. The number of hydrogen-bond acceptors (Lipinski definition) is 26. The van der Waals surface area contributed by atoms with Crippen LogP contribution < -0.4 is 74.0 Å². The van der Waals surface area contributed by atoms with Gasteiger partial charge in [0.1, 0.15) is 44.4 Å². The number of sulfonamides is 1. The number of hydrogen-bond donors (Lipinski definition) is 6. The van der Waals surface area contributed by atoms with E-state index in [0.29, 0.717) is 102 Å². The molecule has 10 aromatic rings. The van der Waals surface area contributed by atoms with Gasteiger partial charge in [-0.15, -0.1) is 0 Å². The minimum Gasteiger partial charge on any atom is -0.870 e. The normalized spacial score (nSPS) is 12.9. The summed E-state index contributed by atoms with van der Waals surface area (Å²) in [5.41, 5.74) is 11.8. The summed E-state index contributed by atoms with van der Waals surface area (Å²) < 4.78 is 85.5. The third-order valence-electron chi connectivity index (χ3n) is 17.2. The third kappa shape index (κ3) is 35.2. The van der Waals surface area contributed by atoms with Crippen LogP contribution in [0.15, 0.2) is 217 Å². The van der Waals surface area contributed by atoms with Crippen LogP contribution >= 0.6 is 57.1 Å². The van der Waals surface area contributed by atoms with Crippen LogP contribution in [0.5, 0.6) is 23.0 Å². The number of nitrogens with two attached hydrogens (primary N) is 1. The van der Waals surface area contributed by atoms with Crippen LogP contribution in [0.25, 0.3) is 0 Å². The van der Waals surface area contributed by atoms with Crippen LogP contribution in [-0.2, 0) is 46.4 Å². The second-order valence-corrected chi connectivity index (χ2v) is 31.3. The van der Waals surface area contributed by atoms with E-state index in [9.17, 15) is 36.0 Å². The molecular weight excluding hydrogens is 1710 g/mol. The van der Waals surface area contributed by atoms with E-state index in [-0.39, 0.29) is 88.9 Å². The molecule has 1 unspecified atom stereocenters. The number of aromatic carboxylic acids is 1. The van der Waals surface area contributed by atoms with Crippen LogP contribution in [0.3, 0.4) is 0 Å². The van der Waals surface area contributed by atoms with Crippen molar-refractivity contribution in [2.75, 3.05) is 132 Å². The van der Waals surface area contributed by atoms with Crippen molar-refractivity contribution < 1.29 is 98.6 Å². The number of nitrogens with one attached hydrogen (secondary N) is 4. The summed E-state index contributed by atoms with van der Waals surface area (Å²) in [6.07, 6.45) is 13.3. The summed E-state index contributed by atoms with van der Waals surface area (Å²) in [7, 11) is 3.38. The molecule has 5 heterocycles. The molecule has 1 atom stereocenters. The van der Waals surface area contributed by atoms with Gasteiger partial charge in [-0.1, -0.05) is 61.3 Å². The molecule has 0 spiro atoms. The summed E-state index contributed by atoms with van der Waals surface area (Å²) in [4.78, 5) is 68.9. The number of esters is 2. The van der Waals surface area contributed by atoms with Crippen molar-refractivity contribution >= 4 is 134 Å². The minimum absolute atomic E-state index is 0. The van der Waals surface area contributed by atoms with Crippen molar-refractivity contribution in [2.45, 2.75) is 77.5 Å². The number of amides is 1. The molecule has 1 amide bonds. The Hall–Kier alpha value is -10.4. The number of carboxylic acid groups (broad SMARTS) is 1. The van der Waals surface area contributed by atoms with Crippen molar-refractivity contribution in [3.8, 4) is 23.0 Å². The standard InChI is InChI=1S/C22H22ClN5O4S.C17H18ClNO3.C15H14ClNO3.C9H11NO2.C8H12N4.C7H6Cl2O3S.C5H10O.2CH4.Li.H2O/c1-32-19-7-4-17(23)14-20(19)33(30,31)26-18-5-2-16(3-6-18)22(29)28-12-10-27(11-13-28)21-15-24-8-9-25-21;1-3-22-17(20)12-4-7-15(8-5-12)19-11-13-10-14(18)6-9-16(13)21-2;1-20-14-7-4-12(16)8-11(14)9-17-13-5-2-10(3-6-13)15(18)19;1-2-12-9(11)7-3-5-8(10)6-4-7;1-2-11-8(7-10-1)12-5-3-9-4-6-12;1-12-6-3-2-5(8)4-7(6)13(9,10)11;1-5-3-2-4-6-5;;;;/h2-9,14-15,26H,10-13H2,1H3;4-10,19H,3,11H2,1-2H3;2-8,17H,9H2,1H3,(H,18,19);3-6H,2,10H2,1H3;1-2,7,9H,3-6H2;2-4H,1H3;5H,2-4H2,1H3;2*1H4;;1H2/q;;;;;;;;;+1;/p-1. The van der Waals surface area contributed by atoms with Crippen molar-refractivity contribution in [3.05, 3.63) is 261 Å². The summed E-state index contributed by atoms with van der Waals surface area (Å²) in [5, 5.41) is 20.5. The Balaban J connectivity index is 0.000000384. The molecule has 37 heteroatoms. The molecule has 0 bridgehead atoms. The van der Waals surface area contributed by atoms with Crippen LogP contribution in [0.2, 0.25) is 20.1 Å². The summed E-state index contributed by atoms with van der Waals surface area (Å²) in [6, 6.07) is 46.1. The van der Waals surface area contributed by atoms with Gasteiger partial charge in [-0.25, -0.2) is 41.2 Å². The fraction of sp³-hybridized carbons (Fsp3) is 0.294. The Kier molecular flexibility index (Phi) is 47.6. The van der Waals surface area contributed by atoms with E-state index in [1.54, 1.807) is 167 Å². The molecule has 29 nitrogen and oxygen atoms in total. The molecule has 3 fully saturated rings. The number of carboxylic acids is 1. The number of carbonyl (C=O) groups excluding carboxylic acids is 3. The molecule has 122 heavy (non-hydrogen) atoms. The van der Waals surface area contributed by atoms with E-state index < -0.39 is 25.0 Å². The van der Waals surface area contributed by atoms with Crippen molar-refractivity contribution in [3.63, 3.8) is 0 Å². The quantitative estimate of drug-likeness (QED) is 0.0159. The largest absolute Gasteiger partial charge is 1.00 e. The number of methoxy groups -OCH3 is 4. The Morgan fingerprint density at radius 3 is 1.31 bits per heavy atom. The summed E-state index contributed by atoms with van der Waals surface area (Å²) >= 11 is 23.5. The Labute approximate surface area is 750 Å². The van der Waals surface area contributed by atoms with E-state index >= 15 is 0 Å². The third-order valence-corrected chi connectivity index (χ3v) is 20.9. The maximum Gasteiger partial charge on any atom is 1.00 e. The molecule has 8 aromatic carbocycles. The maximum absolute atomic E-state index is 12.9. The topological polar surface area (TPSA) is 387 Å². The van der Waals surface area contributed by atoms with Crippen LogP contribution in [0.1, 0.15) is 101 Å². The number of ether oxygens (including phenoxy) is 7. The van der Waals surface area contributed by atoms with Gasteiger partial charge >= 0.3 is 36.8 Å². The summed E-state index contributed by atoms with van der Waals surface area (Å²) in [5.74, 6) is 2.00. The number of benzene rings is 8. The smallest absolute Gasteiger partial charge is 0.870 e. The van der Waals surface area contributed by atoms with Crippen molar-refractivity contribution in [2.24, 2.45) is 0 Å². The molecule has 0 saturated carbocycles. The molecule has 0 aliphatic carbocycles. The molecule has 0 radical (unpaired) electrons. The number of carbonyl (C=O) groups is 4. The maximum atomic E-state index is 12.9. The first-order valence-electron chi connectivity index (χ1n) is 36.8. The first-order chi connectivity index (χ1) is 56.6. The average Bonchev–Trinajstić information content (AvgIpc) is 0.836. The van der Waals surface area contributed by atoms with Gasteiger partial charge in [-0.3, -0.25) is 19.5 Å². The fourth-order valence-electron chi connectivity index (χ4n) is 11.1. The molecule has 3 saturated heterocycles. The molecule has 3 aliphatic heterocycles. The number of piperazine rings is 2. The van der Waals surface area contributed by atoms with Crippen LogP contribution in [0.4, 0.5) is 34.4 Å². The minimum atomic E-state index is -3.94. The Morgan fingerprint density at radius 1 is 0.533 bits per heavy atom. The summed E-state index contributed by atoms with van der Waals surface area (Å²) in [6.45, 7) is 15.1. The van der Waals surface area contributed by atoms with Crippen LogP contribution in [0, 0.1) is 0 Å². The number of halogens is 5. The average molecular weight is 1810 g/mol. The SMILES string of the molecule is C.C.CC1CCCO1.CCOC(=O)c1ccc(N)cc1.CCOC(=O)c1ccc(NCc2cc(Cl)ccc2OC)cc1.COc1ccc(Cl)cc1CNc1ccc(C(=O)O)cc1.COc1ccc(Cl)cc1S(=O)(=O)Cl.COc1ccc(Cl)cc1S(=O)(=O)Nc1ccc(C(=O)N2CCN(c3cnccn3)CC2)cc1.[Li+].[OH-].c1cnc(N2CCNCC2)cn1. The molecule has 652 valence electrons. The number of nitrogens with zero attached hydrogens (tertiary/aromatic N) is 7. The Morgan fingerprint density at radius 2 is 0.926 bits per heavy atom. The number of anilines is 6. The first-order valence-corrected chi connectivity index (χ1v) is 42.1. The number of aromatic nitrogens is 4. The zero-order valence-electron chi connectivity index (χ0n) is 67.2. The molecule has 13 rings (SSSR count).